The lowest BCUT2D eigenvalue weighted by Crippen LogP contribution is -2.18. The first-order valence-corrected chi connectivity index (χ1v) is 6.79. The van der Waals surface area contributed by atoms with E-state index >= 15 is 0 Å². The smallest absolute Gasteiger partial charge is 0.339 e. The number of rotatable bonds is 7. The van der Waals surface area contributed by atoms with Crippen LogP contribution in [0.5, 0.6) is 0 Å². The van der Waals surface area contributed by atoms with Gasteiger partial charge in [-0.1, -0.05) is 25.1 Å². The predicted octanol–water partition coefficient (Wildman–Crippen LogP) is 2.34. The molecule has 0 atom stereocenters. The summed E-state index contributed by atoms with van der Waals surface area (Å²) in [4.78, 5) is 15.5. The highest BCUT2D eigenvalue weighted by atomic mass is 16.4. The average Bonchev–Trinajstić information content (AvgIpc) is 2.46. The molecule has 0 unspecified atom stereocenters. The molecule has 0 spiro atoms. The van der Waals surface area contributed by atoms with Gasteiger partial charge in [0.25, 0.3) is 0 Å². The van der Waals surface area contributed by atoms with Crippen LogP contribution < -0.4 is 10.6 Å². The number of fused-ring (bicyclic) bond motifs is 1. The Balaban J connectivity index is 2.23. The molecular weight excluding hydrogens is 254 g/mol. The van der Waals surface area contributed by atoms with Gasteiger partial charge in [0, 0.05) is 18.1 Å². The Kier molecular flexibility index (Phi) is 4.90. The number of para-hydroxylation sites is 1. The maximum Gasteiger partial charge on any atom is 0.339 e. The van der Waals surface area contributed by atoms with Crippen molar-refractivity contribution in [2.45, 2.75) is 13.3 Å². The SMILES string of the molecule is CCNCCCNc1c(C(=O)O)cnc2ccccc12. The number of aromatic carboxylic acids is 1. The molecule has 2 rings (SSSR count). The van der Waals surface area contributed by atoms with E-state index in [4.69, 9.17) is 0 Å². The third-order valence-electron chi connectivity index (χ3n) is 3.09. The van der Waals surface area contributed by atoms with Crippen LogP contribution in [0.25, 0.3) is 10.9 Å². The topological polar surface area (TPSA) is 74.2 Å². The summed E-state index contributed by atoms with van der Waals surface area (Å²) in [6.45, 7) is 4.64. The third-order valence-corrected chi connectivity index (χ3v) is 3.09. The summed E-state index contributed by atoms with van der Waals surface area (Å²) in [7, 11) is 0. The van der Waals surface area contributed by atoms with Crippen LogP contribution in [0.4, 0.5) is 5.69 Å². The number of carbonyl (C=O) groups is 1. The molecule has 1 aromatic carbocycles. The van der Waals surface area contributed by atoms with Gasteiger partial charge in [-0.05, 0) is 25.6 Å². The number of nitrogens with one attached hydrogen (secondary N) is 2. The van der Waals surface area contributed by atoms with E-state index in [2.05, 4.69) is 22.5 Å². The molecule has 106 valence electrons. The molecule has 0 aliphatic heterocycles. The van der Waals surface area contributed by atoms with E-state index in [0.29, 0.717) is 5.69 Å². The Hall–Kier alpha value is -2.14. The second-order valence-electron chi connectivity index (χ2n) is 4.50. The van der Waals surface area contributed by atoms with E-state index in [1.807, 2.05) is 24.3 Å². The molecule has 1 heterocycles. The number of nitrogens with zero attached hydrogens (tertiary/aromatic N) is 1. The van der Waals surface area contributed by atoms with Crippen molar-refractivity contribution in [1.29, 1.82) is 0 Å². The second-order valence-corrected chi connectivity index (χ2v) is 4.50. The van der Waals surface area contributed by atoms with Gasteiger partial charge >= 0.3 is 5.97 Å². The molecule has 5 nitrogen and oxygen atoms in total. The zero-order chi connectivity index (χ0) is 14.4. The normalized spacial score (nSPS) is 10.7. The molecule has 5 heteroatoms. The van der Waals surface area contributed by atoms with Crippen LogP contribution in [0, 0.1) is 0 Å². The van der Waals surface area contributed by atoms with Crippen LogP contribution in [-0.2, 0) is 0 Å². The molecule has 0 aliphatic rings. The highest BCUT2D eigenvalue weighted by molar-refractivity contribution is 6.04. The quantitative estimate of drug-likeness (QED) is 0.675. The zero-order valence-electron chi connectivity index (χ0n) is 11.5. The van der Waals surface area contributed by atoms with Crippen molar-refractivity contribution in [2.75, 3.05) is 25.0 Å². The summed E-state index contributed by atoms with van der Waals surface area (Å²) in [5, 5.41) is 16.6. The van der Waals surface area contributed by atoms with Crippen LogP contribution in [0.15, 0.2) is 30.5 Å². The molecule has 0 aliphatic carbocycles. The number of hydrogen-bond donors (Lipinski definition) is 3. The molecule has 0 amide bonds. The van der Waals surface area contributed by atoms with Crippen molar-refractivity contribution >= 4 is 22.6 Å². The van der Waals surface area contributed by atoms with Gasteiger partial charge in [0.15, 0.2) is 0 Å². The van der Waals surface area contributed by atoms with Crippen molar-refractivity contribution < 1.29 is 9.90 Å². The summed E-state index contributed by atoms with van der Waals surface area (Å²) >= 11 is 0. The maximum atomic E-state index is 11.3. The zero-order valence-corrected chi connectivity index (χ0v) is 11.5. The lowest BCUT2D eigenvalue weighted by molar-refractivity contribution is 0.0697. The van der Waals surface area contributed by atoms with E-state index in [1.165, 1.54) is 6.20 Å². The summed E-state index contributed by atoms with van der Waals surface area (Å²) in [5.41, 5.74) is 1.67. The van der Waals surface area contributed by atoms with E-state index < -0.39 is 5.97 Å². The van der Waals surface area contributed by atoms with Crippen molar-refractivity contribution in [2.24, 2.45) is 0 Å². The van der Waals surface area contributed by atoms with E-state index in [1.54, 1.807) is 0 Å². The summed E-state index contributed by atoms with van der Waals surface area (Å²) in [6, 6.07) is 7.55. The molecule has 0 saturated carbocycles. The fourth-order valence-corrected chi connectivity index (χ4v) is 2.10. The van der Waals surface area contributed by atoms with Crippen LogP contribution >= 0.6 is 0 Å². The largest absolute Gasteiger partial charge is 0.478 e. The van der Waals surface area contributed by atoms with Crippen LogP contribution in [0.3, 0.4) is 0 Å². The molecule has 0 radical (unpaired) electrons. The minimum Gasteiger partial charge on any atom is -0.478 e. The minimum atomic E-state index is -0.961. The highest BCUT2D eigenvalue weighted by Gasteiger charge is 2.13. The Morgan fingerprint density at radius 2 is 2.10 bits per heavy atom. The fraction of sp³-hybridized carbons (Fsp3) is 0.333. The minimum absolute atomic E-state index is 0.215. The van der Waals surface area contributed by atoms with Gasteiger partial charge in [-0.25, -0.2) is 4.79 Å². The average molecular weight is 273 g/mol. The molecule has 0 fully saturated rings. The van der Waals surface area contributed by atoms with E-state index in [9.17, 15) is 9.90 Å². The molecule has 1 aromatic heterocycles. The van der Waals surface area contributed by atoms with Gasteiger partial charge in [-0.2, -0.15) is 0 Å². The number of aromatic nitrogens is 1. The van der Waals surface area contributed by atoms with Crippen LogP contribution in [0.2, 0.25) is 0 Å². The molecule has 3 N–H and O–H groups in total. The molecule has 0 saturated heterocycles. The first-order chi connectivity index (χ1) is 9.74. The lowest BCUT2D eigenvalue weighted by atomic mass is 10.1. The van der Waals surface area contributed by atoms with Crippen LogP contribution in [-0.4, -0.2) is 35.7 Å². The fourth-order valence-electron chi connectivity index (χ4n) is 2.10. The van der Waals surface area contributed by atoms with Gasteiger partial charge in [0.05, 0.1) is 11.2 Å². The second kappa shape index (κ2) is 6.86. The van der Waals surface area contributed by atoms with E-state index in [-0.39, 0.29) is 5.56 Å². The number of benzene rings is 1. The molecule has 0 bridgehead atoms. The standard InChI is InChI=1S/C15H19N3O2/c1-2-16-8-5-9-17-14-11-6-3-4-7-13(11)18-10-12(14)15(19)20/h3-4,6-7,10,16H,2,5,8-9H2,1H3,(H,17,18)(H,19,20). The van der Waals surface area contributed by atoms with Gasteiger partial charge in [-0.15, -0.1) is 0 Å². The Bertz CT molecular complexity index is 599. The van der Waals surface area contributed by atoms with Crippen molar-refractivity contribution in [3.05, 3.63) is 36.0 Å². The molecular formula is C15H19N3O2. The number of hydrogen-bond acceptors (Lipinski definition) is 4. The van der Waals surface area contributed by atoms with Crippen molar-refractivity contribution in [3.63, 3.8) is 0 Å². The van der Waals surface area contributed by atoms with Crippen LogP contribution in [0.1, 0.15) is 23.7 Å². The van der Waals surface area contributed by atoms with Gasteiger partial charge in [0.2, 0.25) is 0 Å². The molecule has 20 heavy (non-hydrogen) atoms. The monoisotopic (exact) mass is 273 g/mol. The Labute approximate surface area is 118 Å². The Morgan fingerprint density at radius 3 is 2.85 bits per heavy atom. The lowest BCUT2D eigenvalue weighted by Gasteiger charge is -2.12. The van der Waals surface area contributed by atoms with Gasteiger partial charge < -0.3 is 15.7 Å². The summed E-state index contributed by atoms with van der Waals surface area (Å²) in [6.07, 6.45) is 2.35. The first kappa shape index (κ1) is 14.3. The number of carboxylic acids is 1. The predicted molar refractivity (Wildman–Crippen MR) is 80.4 cm³/mol. The van der Waals surface area contributed by atoms with Gasteiger partial charge in [0.1, 0.15) is 5.56 Å². The number of carboxylic acid groups (broad SMARTS) is 1. The maximum absolute atomic E-state index is 11.3. The van der Waals surface area contributed by atoms with Gasteiger partial charge in [-0.3, -0.25) is 4.98 Å². The summed E-state index contributed by atoms with van der Waals surface area (Å²) in [5.74, 6) is -0.961. The van der Waals surface area contributed by atoms with Crippen molar-refractivity contribution in [1.82, 2.24) is 10.3 Å². The van der Waals surface area contributed by atoms with Crippen molar-refractivity contribution in [3.8, 4) is 0 Å². The number of anilines is 1. The third kappa shape index (κ3) is 3.24. The summed E-state index contributed by atoms with van der Waals surface area (Å²) < 4.78 is 0. The van der Waals surface area contributed by atoms with E-state index in [0.717, 1.165) is 37.0 Å². The Morgan fingerprint density at radius 1 is 1.30 bits per heavy atom. The molecule has 2 aromatic rings. The number of pyridine rings is 1. The highest BCUT2D eigenvalue weighted by Crippen LogP contribution is 2.25. The first-order valence-electron chi connectivity index (χ1n) is 6.79.